The van der Waals surface area contributed by atoms with Gasteiger partial charge in [-0.2, -0.15) is 5.26 Å². The van der Waals surface area contributed by atoms with Crippen LogP contribution in [0.4, 0.5) is 5.82 Å². The lowest BCUT2D eigenvalue weighted by Gasteiger charge is -2.39. The highest BCUT2D eigenvalue weighted by atomic mass is 31.2. The van der Waals surface area contributed by atoms with Crippen molar-refractivity contribution in [3.63, 3.8) is 0 Å². The van der Waals surface area contributed by atoms with Crippen molar-refractivity contribution >= 4 is 31.4 Å². The molecule has 17 heteroatoms. The summed E-state index contributed by atoms with van der Waals surface area (Å²) in [7, 11) is 3.05. The number of nitrogens with zero attached hydrogens (tertiary/aromatic N) is 6. The summed E-state index contributed by atoms with van der Waals surface area (Å²) in [6.07, 6.45) is -0.246. The number of anilines is 1. The second-order valence-corrected chi connectivity index (χ2v) is 17.6. The number of imidazole rings is 1. The minimum absolute atomic E-state index is 0.00330. The van der Waals surface area contributed by atoms with Gasteiger partial charge in [0.2, 0.25) is 0 Å². The van der Waals surface area contributed by atoms with Crippen LogP contribution in [-0.4, -0.2) is 108 Å². The predicted octanol–water partition coefficient (Wildman–Crippen LogP) is 8.69. The maximum atomic E-state index is 13.3. The molecule has 2 aromatic heterocycles. The third kappa shape index (κ3) is 11.1. The number of carbonyl (C=O) groups is 1. The van der Waals surface area contributed by atoms with Gasteiger partial charge >= 0.3 is 0 Å². The molecule has 0 radical (unpaired) electrons. The van der Waals surface area contributed by atoms with E-state index in [1.807, 2.05) is 84.9 Å². The van der Waals surface area contributed by atoms with Crippen LogP contribution in [0.15, 0.2) is 122 Å². The second kappa shape index (κ2) is 23.2. The van der Waals surface area contributed by atoms with Crippen LogP contribution < -0.4 is 14.8 Å². The summed E-state index contributed by atoms with van der Waals surface area (Å²) in [5.74, 6) is 1.26. The highest BCUT2D eigenvalue weighted by molar-refractivity contribution is 7.44. The SMILES string of the molecule is COCCO[C@@H]1[C@H](OP(OCCC#N)N(C(C)C)C(C)C)[C@@H](COC(c2ccccc2)(c2ccc(OC)cc2)c2ccc(OC)cc2)O[C@H]1n1cnc2c(NC(=O)c3ccccc3)ncnc21. The molecule has 1 aliphatic rings. The molecule has 0 spiro atoms. The van der Waals surface area contributed by atoms with Crippen molar-refractivity contribution in [3.8, 4) is 17.6 Å². The zero-order chi connectivity index (χ0) is 47.3. The van der Waals surface area contributed by atoms with Gasteiger partial charge in [0.1, 0.15) is 41.7 Å². The van der Waals surface area contributed by atoms with E-state index in [0.717, 1.165) is 16.7 Å². The summed E-state index contributed by atoms with van der Waals surface area (Å²) in [4.78, 5) is 27.1. The summed E-state index contributed by atoms with van der Waals surface area (Å²) >= 11 is 0. The number of hydrogen-bond donors (Lipinski definition) is 1. The van der Waals surface area contributed by atoms with Crippen LogP contribution in [0.25, 0.3) is 11.2 Å². The van der Waals surface area contributed by atoms with Gasteiger partial charge < -0.3 is 42.8 Å². The third-order valence-corrected chi connectivity index (χ3v) is 13.4. The average Bonchev–Trinajstić information content (AvgIpc) is 3.94. The second-order valence-electron chi connectivity index (χ2n) is 16.2. The Morgan fingerprint density at radius 3 is 2.00 bits per heavy atom. The van der Waals surface area contributed by atoms with E-state index in [9.17, 15) is 10.1 Å². The van der Waals surface area contributed by atoms with Crippen molar-refractivity contribution in [2.24, 2.45) is 0 Å². The number of amides is 1. The number of ether oxygens (including phenoxy) is 6. The van der Waals surface area contributed by atoms with Crippen LogP contribution in [0, 0.1) is 11.3 Å². The molecule has 352 valence electrons. The van der Waals surface area contributed by atoms with Gasteiger partial charge in [0.05, 0.1) is 59.5 Å². The Labute approximate surface area is 393 Å². The topological polar surface area (TPSA) is 174 Å². The van der Waals surface area contributed by atoms with Crippen molar-refractivity contribution in [1.29, 1.82) is 5.26 Å². The minimum atomic E-state index is -1.82. The summed E-state index contributed by atoms with van der Waals surface area (Å²) in [5, 5.41) is 12.5. The standard InChI is InChI=1S/C50H58N7O9P/c1-34(2)57(35(3)4)67(64-28-14-27-51)66-44-42(31-63-50(37-17-12-9-13-18-37,38-19-23-40(60-6)24-20-38)39-21-25-41(61-7)26-22-39)65-49(45(44)62-30-29-59-5)56-33-54-43-46(52-32-53-47(43)56)55-48(58)36-15-10-8-11-16-36/h8-13,15-26,32-35,42,44-45,49H,14,28-31H2,1-7H3,(H,52,53,55,58)/t42-,44-,45-,49-,67?/m1/s1. The normalized spacial score (nSPS) is 17.8. The average molecular weight is 932 g/mol. The van der Waals surface area contributed by atoms with Gasteiger partial charge in [-0.3, -0.25) is 9.36 Å². The van der Waals surface area contributed by atoms with E-state index in [2.05, 4.69) is 53.7 Å². The first-order valence-corrected chi connectivity index (χ1v) is 23.3. The maximum Gasteiger partial charge on any atom is 0.259 e. The fourth-order valence-corrected chi connectivity index (χ4v) is 9.99. The summed E-state index contributed by atoms with van der Waals surface area (Å²) in [6, 6.07) is 36.7. The molecular formula is C50H58N7O9P. The lowest BCUT2D eigenvalue weighted by Crippen LogP contribution is -2.43. The molecule has 1 fully saturated rings. The van der Waals surface area contributed by atoms with E-state index >= 15 is 0 Å². The van der Waals surface area contributed by atoms with Gasteiger partial charge in [0, 0.05) is 24.8 Å². The van der Waals surface area contributed by atoms with E-state index in [1.165, 1.54) is 6.33 Å². The summed E-state index contributed by atoms with van der Waals surface area (Å²) < 4.78 is 55.7. The van der Waals surface area contributed by atoms with Crippen molar-refractivity contribution in [2.45, 2.75) is 76.3 Å². The Morgan fingerprint density at radius 1 is 0.806 bits per heavy atom. The first-order valence-electron chi connectivity index (χ1n) is 22.2. The lowest BCUT2D eigenvalue weighted by molar-refractivity contribution is -0.0966. The molecule has 6 aromatic rings. The van der Waals surface area contributed by atoms with Crippen LogP contribution >= 0.6 is 8.53 Å². The van der Waals surface area contributed by atoms with Gasteiger partial charge in [0.15, 0.2) is 23.2 Å². The molecule has 7 rings (SSSR count). The molecule has 1 N–H and O–H groups in total. The molecule has 1 aliphatic heterocycles. The molecule has 0 bridgehead atoms. The van der Waals surface area contributed by atoms with E-state index in [0.29, 0.717) is 28.2 Å². The molecule has 1 unspecified atom stereocenters. The van der Waals surface area contributed by atoms with Gasteiger partial charge in [0.25, 0.3) is 14.4 Å². The highest BCUT2D eigenvalue weighted by Gasteiger charge is 2.52. The van der Waals surface area contributed by atoms with Gasteiger partial charge in [-0.15, -0.1) is 0 Å². The van der Waals surface area contributed by atoms with Crippen molar-refractivity contribution in [1.82, 2.24) is 24.2 Å². The zero-order valence-corrected chi connectivity index (χ0v) is 39.7. The Morgan fingerprint density at radius 2 is 1.42 bits per heavy atom. The predicted molar refractivity (Wildman–Crippen MR) is 254 cm³/mol. The van der Waals surface area contributed by atoms with E-state index in [4.69, 9.17) is 42.5 Å². The molecule has 4 aromatic carbocycles. The van der Waals surface area contributed by atoms with Crippen LogP contribution in [0.3, 0.4) is 0 Å². The van der Waals surface area contributed by atoms with Crippen LogP contribution in [0.2, 0.25) is 0 Å². The number of hydrogen-bond acceptors (Lipinski definition) is 14. The highest BCUT2D eigenvalue weighted by Crippen LogP contribution is 2.51. The Balaban J connectivity index is 1.36. The molecule has 16 nitrogen and oxygen atoms in total. The van der Waals surface area contributed by atoms with Gasteiger partial charge in [-0.25, -0.2) is 19.6 Å². The van der Waals surface area contributed by atoms with Crippen molar-refractivity contribution < 1.29 is 42.3 Å². The largest absolute Gasteiger partial charge is 0.497 e. The molecule has 67 heavy (non-hydrogen) atoms. The van der Waals surface area contributed by atoms with Crippen LogP contribution in [-0.2, 0) is 33.6 Å². The van der Waals surface area contributed by atoms with Gasteiger partial charge in [-0.1, -0.05) is 72.8 Å². The zero-order valence-electron chi connectivity index (χ0n) is 38.9. The first-order chi connectivity index (χ1) is 32.6. The first kappa shape index (κ1) is 49.1. The number of rotatable bonds is 23. The number of aromatic nitrogens is 4. The van der Waals surface area contributed by atoms with Crippen LogP contribution in [0.1, 0.15) is 67.4 Å². The van der Waals surface area contributed by atoms with Gasteiger partial charge in [-0.05, 0) is 80.8 Å². The Hall–Kier alpha value is -5.86. The number of nitrogens with one attached hydrogen (secondary N) is 1. The number of methoxy groups -OCH3 is 3. The molecule has 1 amide bonds. The van der Waals surface area contributed by atoms with Crippen LogP contribution in [0.5, 0.6) is 11.5 Å². The fourth-order valence-electron chi connectivity index (χ4n) is 8.22. The number of benzene rings is 4. The lowest BCUT2D eigenvalue weighted by atomic mass is 9.80. The molecule has 5 atom stereocenters. The molecule has 1 saturated heterocycles. The fraction of sp³-hybridized carbons (Fsp3) is 0.380. The minimum Gasteiger partial charge on any atom is -0.497 e. The van der Waals surface area contributed by atoms with Crippen molar-refractivity contribution in [2.75, 3.05) is 53.1 Å². The number of carbonyl (C=O) groups excluding carboxylic acids is 1. The molecule has 0 saturated carbocycles. The van der Waals surface area contributed by atoms with E-state index < -0.39 is 38.7 Å². The molecular weight excluding hydrogens is 874 g/mol. The third-order valence-electron chi connectivity index (χ3n) is 11.3. The maximum absolute atomic E-state index is 13.3. The van der Waals surface area contributed by atoms with Crippen molar-refractivity contribution in [3.05, 3.63) is 144 Å². The molecule has 0 aliphatic carbocycles. The smallest absolute Gasteiger partial charge is 0.259 e. The van der Waals surface area contributed by atoms with E-state index in [-0.39, 0.29) is 56.7 Å². The number of nitriles is 1. The summed E-state index contributed by atoms with van der Waals surface area (Å²) in [6.45, 7) is 8.91. The van der Waals surface area contributed by atoms with E-state index in [1.54, 1.807) is 56.5 Å². The Kier molecular flexibility index (Phi) is 17.0. The molecule has 3 heterocycles. The quantitative estimate of drug-likeness (QED) is 0.0367. The summed E-state index contributed by atoms with van der Waals surface area (Å²) in [5.41, 5.74) is 2.52. The monoisotopic (exact) mass is 931 g/mol. The Bertz CT molecular complexity index is 2470. The number of fused-ring (bicyclic) bond motifs is 1.